The smallest absolute Gasteiger partial charge is 0.229 e. The number of amides is 1. The second-order valence-corrected chi connectivity index (χ2v) is 7.35. The van der Waals surface area contributed by atoms with E-state index in [0.717, 1.165) is 5.56 Å². The molecule has 0 atom stereocenters. The third-order valence-corrected chi connectivity index (χ3v) is 4.20. The Morgan fingerprint density at radius 1 is 0.852 bits per heavy atom. The molecule has 0 radical (unpaired) electrons. The minimum Gasteiger partial charge on any atom is -0.323 e. The molecule has 1 amide bonds. The van der Waals surface area contributed by atoms with Crippen molar-refractivity contribution < 1.29 is 9.59 Å². The molecule has 0 spiro atoms. The molecule has 0 unspecified atom stereocenters. The molecule has 0 bridgehead atoms. The number of carbonyl (C=O) groups is 2. The zero-order valence-corrected chi connectivity index (χ0v) is 15.7. The van der Waals surface area contributed by atoms with Crippen molar-refractivity contribution in [3.05, 3.63) is 84.1 Å². The number of pyridine rings is 1. The third-order valence-electron chi connectivity index (χ3n) is 4.20. The monoisotopic (exact) mass is 358 g/mol. The molecule has 0 saturated heterocycles. The summed E-state index contributed by atoms with van der Waals surface area (Å²) in [5.74, 6) is -0.325. The molecule has 1 aromatic heterocycles. The highest BCUT2D eigenvalue weighted by molar-refractivity contribution is 6.15. The van der Waals surface area contributed by atoms with Crippen LogP contribution in [0.2, 0.25) is 0 Å². The summed E-state index contributed by atoms with van der Waals surface area (Å²) in [5.41, 5.74) is 2.25. The lowest BCUT2D eigenvalue weighted by atomic mass is 9.94. The quantitative estimate of drug-likeness (QED) is 0.670. The van der Waals surface area contributed by atoms with Gasteiger partial charge in [0.25, 0.3) is 0 Å². The molecule has 0 aliphatic heterocycles. The molecule has 3 rings (SSSR count). The summed E-state index contributed by atoms with van der Waals surface area (Å²) in [5, 5.41) is 2.95. The lowest BCUT2D eigenvalue weighted by Crippen LogP contribution is -2.29. The third kappa shape index (κ3) is 4.11. The first-order valence-electron chi connectivity index (χ1n) is 8.83. The molecule has 27 heavy (non-hydrogen) atoms. The normalized spacial score (nSPS) is 11.1. The second kappa shape index (κ2) is 7.54. The van der Waals surface area contributed by atoms with Crippen LogP contribution in [0.15, 0.2) is 72.9 Å². The van der Waals surface area contributed by atoms with Gasteiger partial charge in [-0.2, -0.15) is 0 Å². The van der Waals surface area contributed by atoms with Gasteiger partial charge in [-0.15, -0.1) is 0 Å². The molecule has 4 heteroatoms. The Hall–Kier alpha value is -3.27. The molecule has 0 fully saturated rings. The molecule has 0 aliphatic rings. The van der Waals surface area contributed by atoms with Crippen LogP contribution in [-0.4, -0.2) is 16.7 Å². The number of nitrogens with one attached hydrogen (secondary N) is 1. The number of hydrogen-bond donors (Lipinski definition) is 1. The van der Waals surface area contributed by atoms with Gasteiger partial charge in [-0.25, -0.2) is 0 Å². The lowest BCUT2D eigenvalue weighted by molar-refractivity contribution is -0.123. The Bertz CT molecular complexity index is 959. The first-order valence-corrected chi connectivity index (χ1v) is 8.83. The van der Waals surface area contributed by atoms with Gasteiger partial charge in [0.1, 0.15) is 0 Å². The van der Waals surface area contributed by atoms with E-state index in [1.165, 1.54) is 0 Å². The molecule has 2 aromatic carbocycles. The molecule has 0 aliphatic carbocycles. The van der Waals surface area contributed by atoms with E-state index in [4.69, 9.17) is 0 Å². The van der Waals surface area contributed by atoms with Crippen LogP contribution in [0.3, 0.4) is 0 Å². The zero-order chi connectivity index (χ0) is 19.4. The maximum Gasteiger partial charge on any atom is 0.229 e. The fourth-order valence-electron chi connectivity index (χ4n) is 2.64. The SMILES string of the molecule is CC(C)(C)C(=O)Nc1c(C(=O)c2ccccc2)ccnc1-c1ccccc1. The van der Waals surface area contributed by atoms with Crippen molar-refractivity contribution in [2.75, 3.05) is 5.32 Å². The number of anilines is 1. The molecule has 3 aromatic rings. The van der Waals surface area contributed by atoms with E-state index in [0.29, 0.717) is 22.5 Å². The van der Waals surface area contributed by atoms with E-state index < -0.39 is 5.41 Å². The van der Waals surface area contributed by atoms with Crippen LogP contribution in [0.25, 0.3) is 11.3 Å². The first-order chi connectivity index (χ1) is 12.9. The summed E-state index contributed by atoms with van der Waals surface area (Å²) in [4.78, 5) is 30.2. The van der Waals surface area contributed by atoms with Gasteiger partial charge in [-0.05, 0) is 6.07 Å². The number of carbonyl (C=O) groups excluding carboxylic acids is 2. The van der Waals surface area contributed by atoms with Gasteiger partial charge in [0.05, 0.1) is 11.4 Å². The maximum absolute atomic E-state index is 13.1. The van der Waals surface area contributed by atoms with Crippen molar-refractivity contribution >= 4 is 17.4 Å². The zero-order valence-electron chi connectivity index (χ0n) is 15.7. The second-order valence-electron chi connectivity index (χ2n) is 7.35. The van der Waals surface area contributed by atoms with Gasteiger partial charge in [-0.1, -0.05) is 81.4 Å². The first kappa shape index (κ1) is 18.5. The number of rotatable bonds is 4. The van der Waals surface area contributed by atoms with Crippen molar-refractivity contribution in [3.8, 4) is 11.3 Å². The van der Waals surface area contributed by atoms with Crippen LogP contribution in [0.4, 0.5) is 5.69 Å². The Kier molecular flexibility index (Phi) is 5.17. The molecule has 136 valence electrons. The Morgan fingerprint density at radius 3 is 2.04 bits per heavy atom. The molecule has 1 N–H and O–H groups in total. The van der Waals surface area contributed by atoms with Crippen molar-refractivity contribution in [2.24, 2.45) is 5.41 Å². The van der Waals surface area contributed by atoms with Crippen LogP contribution in [0.1, 0.15) is 36.7 Å². The minimum absolute atomic E-state index is 0.153. The van der Waals surface area contributed by atoms with Gasteiger partial charge < -0.3 is 5.32 Å². The number of nitrogens with zero attached hydrogens (tertiary/aromatic N) is 1. The Balaban J connectivity index is 2.16. The topological polar surface area (TPSA) is 59.1 Å². The summed E-state index contributed by atoms with van der Waals surface area (Å²) < 4.78 is 0. The van der Waals surface area contributed by atoms with Crippen molar-refractivity contribution in [1.29, 1.82) is 0 Å². The summed E-state index contributed by atoms with van der Waals surface area (Å²) in [7, 11) is 0. The fraction of sp³-hybridized carbons (Fsp3) is 0.174. The minimum atomic E-state index is -0.600. The van der Waals surface area contributed by atoms with E-state index in [1.54, 1.807) is 24.4 Å². The van der Waals surface area contributed by atoms with E-state index >= 15 is 0 Å². The van der Waals surface area contributed by atoms with Crippen LogP contribution < -0.4 is 5.32 Å². The van der Waals surface area contributed by atoms with Crippen LogP contribution in [0.5, 0.6) is 0 Å². The van der Waals surface area contributed by atoms with E-state index in [-0.39, 0.29) is 11.7 Å². The highest BCUT2D eigenvalue weighted by Crippen LogP contribution is 2.31. The van der Waals surface area contributed by atoms with Crippen molar-refractivity contribution in [2.45, 2.75) is 20.8 Å². The number of ketones is 1. The summed E-state index contributed by atoms with van der Waals surface area (Å²) in [6.07, 6.45) is 1.60. The number of hydrogen-bond acceptors (Lipinski definition) is 3. The van der Waals surface area contributed by atoms with E-state index in [2.05, 4.69) is 10.3 Å². The van der Waals surface area contributed by atoms with Gasteiger partial charge in [0.2, 0.25) is 5.91 Å². The largest absolute Gasteiger partial charge is 0.323 e. The van der Waals surface area contributed by atoms with E-state index in [9.17, 15) is 9.59 Å². The standard InChI is InChI=1S/C23H22N2O2/c1-23(2,3)22(27)25-20-18(21(26)17-12-8-5-9-13-17)14-15-24-19(20)16-10-6-4-7-11-16/h4-15H,1-3H3,(H,25,27). The molecule has 0 saturated carbocycles. The number of benzene rings is 2. The fourth-order valence-corrected chi connectivity index (χ4v) is 2.64. The average molecular weight is 358 g/mol. The van der Waals surface area contributed by atoms with Gasteiger partial charge in [0, 0.05) is 28.3 Å². The maximum atomic E-state index is 13.1. The van der Waals surface area contributed by atoms with Gasteiger partial charge in [0.15, 0.2) is 5.78 Å². The van der Waals surface area contributed by atoms with Gasteiger partial charge in [-0.3, -0.25) is 14.6 Å². The Labute approximate surface area is 159 Å². The van der Waals surface area contributed by atoms with Crippen LogP contribution in [-0.2, 0) is 4.79 Å². The Morgan fingerprint density at radius 2 is 1.44 bits per heavy atom. The summed E-state index contributed by atoms with van der Waals surface area (Å²) in [6, 6.07) is 20.2. The molecular weight excluding hydrogens is 336 g/mol. The predicted molar refractivity (Wildman–Crippen MR) is 108 cm³/mol. The molecule has 1 heterocycles. The van der Waals surface area contributed by atoms with E-state index in [1.807, 2.05) is 69.3 Å². The summed E-state index contributed by atoms with van der Waals surface area (Å²) >= 11 is 0. The van der Waals surface area contributed by atoms with Crippen LogP contribution >= 0.6 is 0 Å². The molecule has 4 nitrogen and oxygen atoms in total. The highest BCUT2D eigenvalue weighted by Gasteiger charge is 2.26. The average Bonchev–Trinajstić information content (AvgIpc) is 2.68. The van der Waals surface area contributed by atoms with Crippen LogP contribution in [0, 0.1) is 5.41 Å². The molecular formula is C23H22N2O2. The number of aromatic nitrogens is 1. The lowest BCUT2D eigenvalue weighted by Gasteiger charge is -2.21. The summed E-state index contributed by atoms with van der Waals surface area (Å²) in [6.45, 7) is 5.50. The van der Waals surface area contributed by atoms with Gasteiger partial charge >= 0.3 is 0 Å². The van der Waals surface area contributed by atoms with Crippen molar-refractivity contribution in [3.63, 3.8) is 0 Å². The van der Waals surface area contributed by atoms with Crippen molar-refractivity contribution in [1.82, 2.24) is 4.98 Å². The predicted octanol–water partition coefficient (Wildman–Crippen LogP) is 4.96. The highest BCUT2D eigenvalue weighted by atomic mass is 16.2.